The number of rotatable bonds is 11. The number of halogens is 1. The van der Waals surface area contributed by atoms with Crippen molar-refractivity contribution in [2.75, 3.05) is 72.6 Å². The molecule has 0 aliphatic carbocycles. The zero-order valence-corrected chi connectivity index (χ0v) is 20.2. The number of hydrogen-bond donors (Lipinski definition) is 0. The molecule has 180 valence electrons. The van der Waals surface area contributed by atoms with Crippen LogP contribution in [0.2, 0.25) is 0 Å². The van der Waals surface area contributed by atoms with Gasteiger partial charge in [0, 0.05) is 72.6 Å². The first-order chi connectivity index (χ1) is 15.9. The number of hydrogen-bond acceptors (Lipinski definition) is 5. The van der Waals surface area contributed by atoms with E-state index in [2.05, 4.69) is 34.1 Å². The van der Waals surface area contributed by atoms with Crippen molar-refractivity contribution in [3.05, 3.63) is 65.5 Å². The standard InChI is InChI=1S/C26H36FN3O3/c1-28(2)24-10-8-20(9-11-24)15-29-16-22(17-30(12-13-32-3)26(31)19-33-4)25(18-29)21-6-5-7-23(27)14-21/h5-11,14,22,25H,12-13,15-19H2,1-4H3/t22-,25+/m0/s1. The van der Waals surface area contributed by atoms with Gasteiger partial charge in [-0.3, -0.25) is 9.69 Å². The van der Waals surface area contributed by atoms with Gasteiger partial charge in [-0.2, -0.15) is 0 Å². The third-order valence-electron chi connectivity index (χ3n) is 6.29. The first-order valence-electron chi connectivity index (χ1n) is 11.4. The van der Waals surface area contributed by atoms with Gasteiger partial charge in [-0.1, -0.05) is 24.3 Å². The lowest BCUT2D eigenvalue weighted by Crippen LogP contribution is -2.41. The quantitative estimate of drug-likeness (QED) is 0.519. The maximum atomic E-state index is 14.0. The van der Waals surface area contributed by atoms with Crippen LogP contribution in [-0.4, -0.2) is 83.4 Å². The number of methoxy groups -OCH3 is 2. The molecule has 7 heteroatoms. The third kappa shape index (κ3) is 7.00. The van der Waals surface area contributed by atoms with Gasteiger partial charge in [-0.25, -0.2) is 4.39 Å². The van der Waals surface area contributed by atoms with Gasteiger partial charge in [0.15, 0.2) is 0 Å². The van der Waals surface area contributed by atoms with E-state index in [0.29, 0.717) is 19.7 Å². The predicted molar refractivity (Wildman–Crippen MR) is 129 cm³/mol. The summed E-state index contributed by atoms with van der Waals surface area (Å²) in [5.74, 6) is 0.0496. The number of benzene rings is 2. The minimum absolute atomic E-state index is 0.0446. The van der Waals surface area contributed by atoms with Crippen LogP contribution >= 0.6 is 0 Å². The van der Waals surface area contributed by atoms with Crippen molar-refractivity contribution in [1.29, 1.82) is 0 Å². The fourth-order valence-corrected chi connectivity index (χ4v) is 4.56. The minimum Gasteiger partial charge on any atom is -0.383 e. The summed E-state index contributed by atoms with van der Waals surface area (Å²) in [5.41, 5.74) is 3.39. The maximum Gasteiger partial charge on any atom is 0.248 e. The van der Waals surface area contributed by atoms with E-state index in [1.54, 1.807) is 19.2 Å². The molecule has 0 spiro atoms. The number of ether oxygens (including phenoxy) is 2. The Morgan fingerprint density at radius 2 is 1.85 bits per heavy atom. The highest BCUT2D eigenvalue weighted by atomic mass is 19.1. The fourth-order valence-electron chi connectivity index (χ4n) is 4.56. The van der Waals surface area contributed by atoms with Crippen molar-refractivity contribution in [3.63, 3.8) is 0 Å². The van der Waals surface area contributed by atoms with Gasteiger partial charge < -0.3 is 19.3 Å². The van der Waals surface area contributed by atoms with E-state index in [1.165, 1.54) is 24.4 Å². The molecule has 2 atom stereocenters. The van der Waals surface area contributed by atoms with E-state index >= 15 is 0 Å². The summed E-state index contributed by atoms with van der Waals surface area (Å²) in [4.78, 5) is 19.0. The zero-order chi connectivity index (χ0) is 23.8. The van der Waals surface area contributed by atoms with E-state index < -0.39 is 0 Å². The van der Waals surface area contributed by atoms with Crippen LogP contribution in [0.3, 0.4) is 0 Å². The average Bonchev–Trinajstić information content (AvgIpc) is 3.19. The minimum atomic E-state index is -0.226. The summed E-state index contributed by atoms with van der Waals surface area (Å²) >= 11 is 0. The lowest BCUT2D eigenvalue weighted by atomic mass is 9.88. The van der Waals surface area contributed by atoms with Gasteiger partial charge in [-0.15, -0.1) is 0 Å². The van der Waals surface area contributed by atoms with Crippen molar-refractivity contribution in [2.45, 2.75) is 12.5 Å². The number of likely N-dealkylation sites (tertiary alicyclic amines) is 1. The summed E-state index contributed by atoms with van der Waals surface area (Å²) in [6.45, 7) is 4.08. The Balaban J connectivity index is 1.78. The SMILES string of the molecule is COCCN(C[C@@H]1CN(Cc2ccc(N(C)C)cc2)C[C@@H]1c1cccc(F)c1)C(=O)COC. The van der Waals surface area contributed by atoms with Crippen molar-refractivity contribution >= 4 is 11.6 Å². The molecule has 1 saturated heterocycles. The van der Waals surface area contributed by atoms with Crippen LogP contribution in [-0.2, 0) is 20.8 Å². The van der Waals surface area contributed by atoms with E-state index in [-0.39, 0.29) is 30.2 Å². The molecule has 6 nitrogen and oxygen atoms in total. The van der Waals surface area contributed by atoms with Gasteiger partial charge in [0.05, 0.1) is 6.61 Å². The normalized spacial score (nSPS) is 18.5. The monoisotopic (exact) mass is 457 g/mol. The summed E-state index contributed by atoms with van der Waals surface area (Å²) in [5, 5.41) is 0. The van der Waals surface area contributed by atoms with Crippen molar-refractivity contribution < 1.29 is 18.7 Å². The third-order valence-corrected chi connectivity index (χ3v) is 6.29. The van der Waals surface area contributed by atoms with Gasteiger partial charge in [0.1, 0.15) is 12.4 Å². The Morgan fingerprint density at radius 1 is 1.09 bits per heavy atom. The molecule has 1 fully saturated rings. The number of carbonyl (C=O) groups is 1. The van der Waals surface area contributed by atoms with Crippen LogP contribution < -0.4 is 4.90 Å². The molecule has 1 aliphatic heterocycles. The summed E-state index contributed by atoms with van der Waals surface area (Å²) in [7, 11) is 7.22. The lowest BCUT2D eigenvalue weighted by molar-refractivity contribution is -0.136. The second kappa shape index (κ2) is 12.1. The highest BCUT2D eigenvalue weighted by Gasteiger charge is 2.35. The van der Waals surface area contributed by atoms with Crippen LogP contribution in [0.5, 0.6) is 0 Å². The van der Waals surface area contributed by atoms with Gasteiger partial charge in [0.2, 0.25) is 5.91 Å². The lowest BCUT2D eigenvalue weighted by Gasteiger charge is -2.28. The second-order valence-electron chi connectivity index (χ2n) is 8.94. The number of carbonyl (C=O) groups excluding carboxylic acids is 1. The van der Waals surface area contributed by atoms with E-state index in [0.717, 1.165) is 25.2 Å². The molecule has 0 aromatic heterocycles. The first kappa shape index (κ1) is 25.1. The Labute approximate surface area is 196 Å². The van der Waals surface area contributed by atoms with Gasteiger partial charge in [-0.05, 0) is 41.3 Å². The Hall–Kier alpha value is -2.48. The van der Waals surface area contributed by atoms with Crippen LogP contribution in [0.25, 0.3) is 0 Å². The zero-order valence-electron chi connectivity index (χ0n) is 20.2. The van der Waals surface area contributed by atoms with Crippen molar-refractivity contribution in [1.82, 2.24) is 9.80 Å². The number of anilines is 1. The largest absolute Gasteiger partial charge is 0.383 e. The Bertz CT molecular complexity index is 891. The fraction of sp³-hybridized carbons (Fsp3) is 0.500. The molecule has 1 heterocycles. The second-order valence-corrected chi connectivity index (χ2v) is 8.94. The molecule has 2 aromatic carbocycles. The highest BCUT2D eigenvalue weighted by molar-refractivity contribution is 5.77. The molecule has 0 saturated carbocycles. The van der Waals surface area contributed by atoms with Gasteiger partial charge >= 0.3 is 0 Å². The molecule has 1 amide bonds. The molecule has 3 rings (SSSR count). The number of nitrogens with zero attached hydrogens (tertiary/aromatic N) is 3. The summed E-state index contributed by atoms with van der Waals surface area (Å²) < 4.78 is 24.3. The predicted octanol–water partition coefficient (Wildman–Crippen LogP) is 3.23. The first-order valence-corrected chi connectivity index (χ1v) is 11.4. The van der Waals surface area contributed by atoms with Crippen molar-refractivity contribution in [3.8, 4) is 0 Å². The molecule has 2 aromatic rings. The smallest absolute Gasteiger partial charge is 0.248 e. The Kier molecular flexibility index (Phi) is 9.23. The topological polar surface area (TPSA) is 45.2 Å². The Morgan fingerprint density at radius 3 is 2.48 bits per heavy atom. The van der Waals surface area contributed by atoms with Gasteiger partial charge in [0.25, 0.3) is 0 Å². The highest BCUT2D eigenvalue weighted by Crippen LogP contribution is 2.34. The molecular formula is C26H36FN3O3. The van der Waals surface area contributed by atoms with Crippen LogP contribution in [0.1, 0.15) is 17.0 Å². The molecule has 0 N–H and O–H groups in total. The summed E-state index contributed by atoms with van der Waals surface area (Å²) in [6, 6.07) is 15.4. The molecule has 0 bridgehead atoms. The number of amides is 1. The van der Waals surface area contributed by atoms with E-state index in [4.69, 9.17) is 9.47 Å². The molecule has 0 radical (unpaired) electrons. The molecular weight excluding hydrogens is 421 g/mol. The maximum absolute atomic E-state index is 14.0. The average molecular weight is 458 g/mol. The molecule has 33 heavy (non-hydrogen) atoms. The van der Waals surface area contributed by atoms with Crippen LogP contribution in [0, 0.1) is 11.7 Å². The van der Waals surface area contributed by atoms with Crippen LogP contribution in [0.15, 0.2) is 48.5 Å². The van der Waals surface area contributed by atoms with E-state index in [9.17, 15) is 9.18 Å². The summed E-state index contributed by atoms with van der Waals surface area (Å²) in [6.07, 6.45) is 0. The van der Waals surface area contributed by atoms with Crippen LogP contribution in [0.4, 0.5) is 10.1 Å². The molecule has 1 aliphatic rings. The molecule has 0 unspecified atom stereocenters. The van der Waals surface area contributed by atoms with E-state index in [1.807, 2.05) is 25.1 Å². The van der Waals surface area contributed by atoms with Crippen molar-refractivity contribution in [2.24, 2.45) is 5.92 Å².